The highest BCUT2D eigenvalue weighted by Crippen LogP contribution is 2.34. The van der Waals surface area contributed by atoms with Crippen LogP contribution >= 0.6 is 0 Å². The van der Waals surface area contributed by atoms with Gasteiger partial charge in [-0.05, 0) is 65.5 Å². The van der Waals surface area contributed by atoms with Crippen LogP contribution in [0.25, 0.3) is 33.6 Å². The van der Waals surface area contributed by atoms with E-state index in [4.69, 9.17) is 4.98 Å². The molecule has 0 radical (unpaired) electrons. The third kappa shape index (κ3) is 8.56. The van der Waals surface area contributed by atoms with Gasteiger partial charge in [0.1, 0.15) is 17.7 Å². The average Bonchev–Trinajstić information content (AvgIpc) is 3.92. The molecule has 2 amide bonds. The Bertz CT molecular complexity index is 1880. The molecule has 2 unspecified atom stereocenters. The molecule has 51 heavy (non-hydrogen) atoms. The first-order valence-corrected chi connectivity index (χ1v) is 18.2. The van der Waals surface area contributed by atoms with Crippen LogP contribution in [0.2, 0.25) is 0 Å². The number of H-pyrrole nitrogens is 2. The molecule has 2 atom stereocenters. The standard InChI is InChI=1S/C41H50N8O2/c1-6-20-48(38(50)22-27(2)3)26-37-43-24-34(46-37)31-15-11-29(12-16-31)30-13-17-32(18-14-30)35-25-44-40(47-35)36-10-8-21-49(36)41(51)39(28(4)5)45-33-9-7-19-42-23-33/h7,9,11-19,23-25,27-28,36,39,45H,6,8,10,20-22,26H2,1-5H3,(H,43,46)(H,44,47). The number of nitrogens with one attached hydrogen (secondary N) is 3. The molecule has 10 heteroatoms. The number of likely N-dealkylation sites (tertiary alicyclic amines) is 1. The fraction of sp³-hybridized carbons (Fsp3) is 0.390. The number of amides is 2. The highest BCUT2D eigenvalue weighted by molar-refractivity contribution is 5.85. The number of carbonyl (C=O) groups excluding carboxylic acids is 2. The van der Waals surface area contributed by atoms with Crippen molar-refractivity contribution in [2.75, 3.05) is 18.4 Å². The van der Waals surface area contributed by atoms with Gasteiger partial charge in [-0.25, -0.2) is 9.97 Å². The Morgan fingerprint density at radius 1 is 0.882 bits per heavy atom. The second-order valence-electron chi connectivity index (χ2n) is 14.3. The van der Waals surface area contributed by atoms with Gasteiger partial charge in [-0.3, -0.25) is 14.6 Å². The number of benzene rings is 2. The van der Waals surface area contributed by atoms with Crippen LogP contribution in [0.3, 0.4) is 0 Å². The van der Waals surface area contributed by atoms with Crippen molar-refractivity contribution in [3.8, 4) is 33.6 Å². The summed E-state index contributed by atoms with van der Waals surface area (Å²) in [6.45, 7) is 12.3. The largest absolute Gasteiger partial charge is 0.372 e. The quantitative estimate of drug-likeness (QED) is 0.108. The van der Waals surface area contributed by atoms with E-state index in [1.165, 1.54) is 0 Å². The molecule has 6 rings (SSSR count). The van der Waals surface area contributed by atoms with Crippen molar-refractivity contribution in [3.63, 3.8) is 0 Å². The number of aromatic amines is 2. The van der Waals surface area contributed by atoms with Gasteiger partial charge in [0.05, 0.1) is 42.1 Å². The van der Waals surface area contributed by atoms with Crippen LogP contribution < -0.4 is 5.32 Å². The first-order chi connectivity index (χ1) is 24.7. The second kappa shape index (κ2) is 16.2. The Kier molecular flexibility index (Phi) is 11.3. The number of imidazole rings is 2. The molecular formula is C41H50N8O2. The Labute approximate surface area is 301 Å². The van der Waals surface area contributed by atoms with E-state index in [2.05, 4.69) is 108 Å². The van der Waals surface area contributed by atoms with Crippen LogP contribution in [0, 0.1) is 11.8 Å². The van der Waals surface area contributed by atoms with E-state index in [0.29, 0.717) is 25.4 Å². The lowest BCUT2D eigenvalue weighted by Gasteiger charge is -2.30. The summed E-state index contributed by atoms with van der Waals surface area (Å²) in [5, 5.41) is 3.41. The summed E-state index contributed by atoms with van der Waals surface area (Å²) < 4.78 is 0. The number of nitrogens with zero attached hydrogens (tertiary/aromatic N) is 5. The number of hydrogen-bond donors (Lipinski definition) is 3. The number of aromatic nitrogens is 5. The molecular weight excluding hydrogens is 637 g/mol. The van der Waals surface area contributed by atoms with E-state index in [9.17, 15) is 9.59 Å². The first-order valence-electron chi connectivity index (χ1n) is 18.2. The minimum atomic E-state index is -0.351. The Morgan fingerprint density at radius 3 is 2.14 bits per heavy atom. The van der Waals surface area contributed by atoms with Crippen molar-refractivity contribution >= 4 is 17.5 Å². The fourth-order valence-corrected chi connectivity index (χ4v) is 6.78. The van der Waals surface area contributed by atoms with Crippen LogP contribution in [0.1, 0.15) is 78.0 Å². The minimum Gasteiger partial charge on any atom is -0.372 e. The number of carbonyl (C=O) groups is 2. The molecule has 0 spiro atoms. The maximum atomic E-state index is 13.8. The van der Waals surface area contributed by atoms with Crippen LogP contribution in [0.15, 0.2) is 85.5 Å². The summed E-state index contributed by atoms with van der Waals surface area (Å²) in [6.07, 6.45) is 10.5. The van der Waals surface area contributed by atoms with Gasteiger partial charge in [0.25, 0.3) is 0 Å². The van der Waals surface area contributed by atoms with Gasteiger partial charge in [0, 0.05) is 31.9 Å². The zero-order valence-corrected chi connectivity index (χ0v) is 30.4. The first kappa shape index (κ1) is 35.6. The van der Waals surface area contributed by atoms with Gasteiger partial charge >= 0.3 is 0 Å². The van der Waals surface area contributed by atoms with Crippen molar-refractivity contribution < 1.29 is 9.59 Å². The van der Waals surface area contributed by atoms with Crippen molar-refractivity contribution in [3.05, 3.63) is 97.1 Å². The minimum absolute atomic E-state index is 0.0878. The van der Waals surface area contributed by atoms with Gasteiger partial charge in [0.15, 0.2) is 0 Å². The monoisotopic (exact) mass is 686 g/mol. The topological polar surface area (TPSA) is 123 Å². The van der Waals surface area contributed by atoms with Crippen molar-refractivity contribution in [2.45, 2.75) is 78.9 Å². The van der Waals surface area contributed by atoms with E-state index >= 15 is 0 Å². The smallest absolute Gasteiger partial charge is 0.245 e. The fourth-order valence-electron chi connectivity index (χ4n) is 6.78. The summed E-state index contributed by atoms with van der Waals surface area (Å²) in [7, 11) is 0. The molecule has 1 fully saturated rings. The maximum absolute atomic E-state index is 13.8. The lowest BCUT2D eigenvalue weighted by Crippen LogP contribution is -2.45. The number of pyridine rings is 1. The van der Waals surface area contributed by atoms with Gasteiger partial charge in [-0.2, -0.15) is 0 Å². The molecule has 4 heterocycles. The van der Waals surface area contributed by atoms with Crippen molar-refractivity contribution in [2.24, 2.45) is 11.8 Å². The van der Waals surface area contributed by atoms with Crippen LogP contribution in [0.5, 0.6) is 0 Å². The van der Waals surface area contributed by atoms with Gasteiger partial charge < -0.3 is 25.1 Å². The number of hydrogen-bond acceptors (Lipinski definition) is 6. The molecule has 5 aromatic rings. The molecule has 0 saturated carbocycles. The lowest BCUT2D eigenvalue weighted by atomic mass is 10.0. The summed E-state index contributed by atoms with van der Waals surface area (Å²) in [4.78, 5) is 50.9. The normalized spacial score (nSPS) is 15.0. The zero-order valence-electron chi connectivity index (χ0n) is 30.4. The molecule has 0 aliphatic carbocycles. The summed E-state index contributed by atoms with van der Waals surface area (Å²) in [5.41, 5.74) is 7.01. The number of rotatable bonds is 14. The van der Waals surface area contributed by atoms with Crippen LogP contribution in [-0.4, -0.2) is 65.7 Å². The van der Waals surface area contributed by atoms with E-state index < -0.39 is 0 Å². The van der Waals surface area contributed by atoms with Gasteiger partial charge in [0.2, 0.25) is 11.8 Å². The molecule has 3 N–H and O–H groups in total. The van der Waals surface area contributed by atoms with Gasteiger partial charge in [-0.1, -0.05) is 83.1 Å². The zero-order chi connectivity index (χ0) is 35.9. The Morgan fingerprint density at radius 2 is 1.53 bits per heavy atom. The SMILES string of the molecule is CCCN(Cc1ncc(-c2ccc(-c3ccc(-c4cnc(C5CCCN5C(=O)C(Nc5cccnc5)C(C)C)[nH]4)cc3)cc2)[nH]1)C(=O)CC(C)C. The molecule has 1 aliphatic heterocycles. The predicted molar refractivity (Wildman–Crippen MR) is 202 cm³/mol. The second-order valence-corrected chi connectivity index (χ2v) is 14.3. The Balaban J connectivity index is 1.10. The molecule has 0 bridgehead atoms. The van der Waals surface area contributed by atoms with E-state index in [1.54, 1.807) is 12.4 Å². The third-order valence-electron chi connectivity index (χ3n) is 9.49. The van der Waals surface area contributed by atoms with Gasteiger partial charge in [-0.15, -0.1) is 0 Å². The molecule has 10 nitrogen and oxygen atoms in total. The highest BCUT2D eigenvalue weighted by atomic mass is 16.2. The van der Waals surface area contributed by atoms with E-state index in [0.717, 1.165) is 76.8 Å². The molecule has 266 valence electrons. The summed E-state index contributed by atoms with van der Waals surface area (Å²) in [6, 6.07) is 20.3. The molecule has 2 aromatic carbocycles. The summed E-state index contributed by atoms with van der Waals surface area (Å²) >= 11 is 0. The third-order valence-corrected chi connectivity index (χ3v) is 9.49. The van der Waals surface area contributed by atoms with Crippen LogP contribution in [0.4, 0.5) is 5.69 Å². The predicted octanol–water partition coefficient (Wildman–Crippen LogP) is 8.11. The highest BCUT2D eigenvalue weighted by Gasteiger charge is 2.36. The molecule has 1 aliphatic rings. The maximum Gasteiger partial charge on any atom is 0.245 e. The van der Waals surface area contributed by atoms with Crippen molar-refractivity contribution in [1.29, 1.82) is 0 Å². The number of anilines is 1. The Hall–Kier alpha value is -5.25. The average molecular weight is 687 g/mol. The molecule has 3 aromatic heterocycles. The summed E-state index contributed by atoms with van der Waals surface area (Å²) in [5.74, 6) is 2.31. The van der Waals surface area contributed by atoms with E-state index in [1.807, 2.05) is 34.3 Å². The van der Waals surface area contributed by atoms with E-state index in [-0.39, 0.29) is 29.8 Å². The lowest BCUT2D eigenvalue weighted by molar-refractivity contribution is -0.134. The van der Waals surface area contributed by atoms with Crippen LogP contribution in [-0.2, 0) is 16.1 Å². The van der Waals surface area contributed by atoms with Crippen molar-refractivity contribution in [1.82, 2.24) is 34.7 Å². The molecule has 1 saturated heterocycles.